The van der Waals surface area contributed by atoms with Gasteiger partial charge in [-0.05, 0) is 136 Å². The minimum Gasteiger partial charge on any atom is -0.444 e. The zero-order chi connectivity index (χ0) is 44.4. The molecule has 0 bridgehead atoms. The summed E-state index contributed by atoms with van der Waals surface area (Å²) in [4.78, 5) is 60.7. The Balaban J connectivity index is 4.49. The zero-order valence-corrected chi connectivity index (χ0v) is 38.7. The standard InChI is InChI=1S/C43H81N7O8/c1-33(2)27-32-50(39(54)58-43(12,13)14)35(49-38(53)57-42(9,10)11)46-31-26-22-18-16-20-24-29-44-28-23-19-15-17-21-25-30-45-34(47-36(51)55-40(3,4)5)48-37(52)56-41(6,7)8/h27,44H,15-26,28-32H2,1-14H3,(H,46,49,53)(H2,45,47,48,51,52). The van der Waals surface area contributed by atoms with Crippen molar-refractivity contribution >= 4 is 36.3 Å². The Morgan fingerprint density at radius 2 is 0.862 bits per heavy atom. The van der Waals surface area contributed by atoms with E-state index in [1.807, 2.05) is 19.9 Å². The van der Waals surface area contributed by atoms with E-state index >= 15 is 0 Å². The molecule has 4 amide bonds. The molecule has 0 aromatic rings. The van der Waals surface area contributed by atoms with Crippen molar-refractivity contribution in [3.8, 4) is 0 Å². The molecule has 0 spiro atoms. The molecule has 0 aliphatic carbocycles. The maximum Gasteiger partial charge on any atom is 0.417 e. The van der Waals surface area contributed by atoms with E-state index < -0.39 is 46.8 Å². The van der Waals surface area contributed by atoms with E-state index in [1.165, 1.54) is 4.90 Å². The van der Waals surface area contributed by atoms with Crippen LogP contribution in [0.4, 0.5) is 19.2 Å². The second kappa shape index (κ2) is 27.7. The van der Waals surface area contributed by atoms with Gasteiger partial charge in [-0.1, -0.05) is 63.0 Å². The van der Waals surface area contributed by atoms with E-state index in [2.05, 4.69) is 31.3 Å². The number of hydrogen-bond donors (Lipinski definition) is 4. The number of rotatable bonds is 20. The smallest absolute Gasteiger partial charge is 0.417 e. The van der Waals surface area contributed by atoms with Gasteiger partial charge in [-0.3, -0.25) is 25.9 Å². The SMILES string of the molecule is CC(C)=CCN(C(=O)OC(C)(C)C)C(=NCCCCCCCCNCCCCCCCCN=C(NC(=O)OC(C)(C)C)NC(=O)OC(C)(C)C)NC(=O)OC(C)(C)C. The molecule has 0 aliphatic rings. The maximum absolute atomic E-state index is 13.2. The van der Waals surface area contributed by atoms with E-state index in [0.29, 0.717) is 13.1 Å². The van der Waals surface area contributed by atoms with Crippen molar-refractivity contribution in [2.45, 2.75) is 196 Å². The lowest BCUT2D eigenvalue weighted by molar-refractivity contribution is 0.0370. The number of aliphatic imine (C=N–C) groups is 2. The highest BCUT2D eigenvalue weighted by Gasteiger charge is 2.28. The summed E-state index contributed by atoms with van der Waals surface area (Å²) in [5.41, 5.74) is -1.76. The molecule has 15 nitrogen and oxygen atoms in total. The fraction of sp³-hybridized carbons (Fsp3) is 0.814. The molecule has 0 atom stereocenters. The van der Waals surface area contributed by atoms with Crippen LogP contribution in [0.3, 0.4) is 0 Å². The van der Waals surface area contributed by atoms with Gasteiger partial charge in [0.2, 0.25) is 11.9 Å². The Morgan fingerprint density at radius 3 is 1.26 bits per heavy atom. The third kappa shape index (κ3) is 34.2. The summed E-state index contributed by atoms with van der Waals surface area (Å²) in [6.45, 7) is 28.3. The van der Waals surface area contributed by atoms with Gasteiger partial charge in [0.25, 0.3) is 0 Å². The van der Waals surface area contributed by atoms with E-state index in [1.54, 1.807) is 83.1 Å². The first-order chi connectivity index (χ1) is 26.8. The Morgan fingerprint density at radius 1 is 0.500 bits per heavy atom. The summed E-state index contributed by atoms with van der Waals surface area (Å²) < 4.78 is 21.7. The van der Waals surface area contributed by atoms with Crippen LogP contribution in [0.2, 0.25) is 0 Å². The molecule has 0 aromatic carbocycles. The number of nitrogens with one attached hydrogen (secondary N) is 4. The monoisotopic (exact) mass is 824 g/mol. The lowest BCUT2D eigenvalue weighted by Gasteiger charge is -2.28. The number of allylic oxidation sites excluding steroid dienone is 1. The molecule has 0 aliphatic heterocycles. The fourth-order valence-electron chi connectivity index (χ4n) is 4.98. The summed E-state index contributed by atoms with van der Waals surface area (Å²) in [6.07, 6.45) is 11.9. The molecule has 0 fully saturated rings. The van der Waals surface area contributed by atoms with E-state index in [0.717, 1.165) is 95.7 Å². The first kappa shape index (κ1) is 54.1. The average Bonchev–Trinajstić information content (AvgIpc) is 3.01. The van der Waals surface area contributed by atoms with Gasteiger partial charge in [-0.25, -0.2) is 24.1 Å². The van der Waals surface area contributed by atoms with Gasteiger partial charge in [-0.15, -0.1) is 0 Å². The predicted octanol–water partition coefficient (Wildman–Crippen LogP) is 9.75. The van der Waals surface area contributed by atoms with Gasteiger partial charge in [-0.2, -0.15) is 0 Å². The van der Waals surface area contributed by atoms with Crippen LogP contribution in [-0.2, 0) is 18.9 Å². The number of nitrogens with zero attached hydrogens (tertiary/aromatic N) is 3. The molecule has 58 heavy (non-hydrogen) atoms. The minimum absolute atomic E-state index is 0.0141. The number of alkyl carbamates (subject to hydrolysis) is 3. The first-order valence-corrected chi connectivity index (χ1v) is 21.2. The molecule has 15 heteroatoms. The van der Waals surface area contributed by atoms with Crippen LogP contribution >= 0.6 is 0 Å². The van der Waals surface area contributed by atoms with E-state index in [4.69, 9.17) is 18.9 Å². The molecule has 0 unspecified atom stereocenters. The Labute approximate surface area is 350 Å². The number of guanidine groups is 2. The van der Waals surface area contributed by atoms with Crippen LogP contribution in [0.5, 0.6) is 0 Å². The molecule has 336 valence electrons. The Hall–Kier alpha value is -3.88. The first-order valence-electron chi connectivity index (χ1n) is 21.2. The van der Waals surface area contributed by atoms with Gasteiger partial charge in [0.15, 0.2) is 0 Å². The molecule has 0 rings (SSSR count). The van der Waals surface area contributed by atoms with Gasteiger partial charge in [0.05, 0.1) is 6.54 Å². The van der Waals surface area contributed by atoms with Crippen molar-refractivity contribution in [1.29, 1.82) is 0 Å². The van der Waals surface area contributed by atoms with Crippen LogP contribution in [0.25, 0.3) is 0 Å². The van der Waals surface area contributed by atoms with Crippen molar-refractivity contribution in [3.05, 3.63) is 11.6 Å². The van der Waals surface area contributed by atoms with Crippen molar-refractivity contribution < 1.29 is 38.1 Å². The molecular weight excluding hydrogens is 743 g/mol. The highest BCUT2D eigenvalue weighted by atomic mass is 16.6. The van der Waals surface area contributed by atoms with Gasteiger partial charge in [0, 0.05) is 13.1 Å². The second-order valence-corrected chi connectivity index (χ2v) is 18.7. The topological polar surface area (TPSA) is 181 Å². The number of hydrogen-bond acceptors (Lipinski definition) is 11. The lowest BCUT2D eigenvalue weighted by atomic mass is 10.1. The summed E-state index contributed by atoms with van der Waals surface area (Å²) in [5.74, 6) is 0.133. The summed E-state index contributed by atoms with van der Waals surface area (Å²) >= 11 is 0. The zero-order valence-electron chi connectivity index (χ0n) is 38.7. The summed E-state index contributed by atoms with van der Waals surface area (Å²) in [5, 5.41) is 11.3. The van der Waals surface area contributed by atoms with Gasteiger partial charge in [0.1, 0.15) is 22.4 Å². The maximum atomic E-state index is 13.2. The van der Waals surface area contributed by atoms with Crippen molar-refractivity contribution in [1.82, 2.24) is 26.2 Å². The van der Waals surface area contributed by atoms with Crippen LogP contribution < -0.4 is 21.3 Å². The molecule has 0 saturated heterocycles. The molecule has 0 aromatic heterocycles. The number of ether oxygens (including phenoxy) is 4. The largest absolute Gasteiger partial charge is 0.444 e. The summed E-state index contributed by atoms with van der Waals surface area (Å²) in [6, 6.07) is 0. The highest BCUT2D eigenvalue weighted by Crippen LogP contribution is 2.13. The Kier molecular flexibility index (Phi) is 25.9. The second-order valence-electron chi connectivity index (χ2n) is 18.7. The number of carbonyl (C=O) groups is 4. The van der Waals surface area contributed by atoms with Gasteiger partial charge >= 0.3 is 24.4 Å². The molecule has 0 radical (unpaired) electrons. The average molecular weight is 824 g/mol. The molecular formula is C43H81N7O8. The third-order valence-corrected chi connectivity index (χ3v) is 7.46. The molecule has 4 N–H and O–H groups in total. The lowest BCUT2D eigenvalue weighted by Crippen LogP contribution is -2.50. The van der Waals surface area contributed by atoms with Crippen molar-refractivity contribution in [2.24, 2.45) is 9.98 Å². The highest BCUT2D eigenvalue weighted by molar-refractivity contribution is 6.02. The number of carbonyl (C=O) groups excluding carboxylic acids is 4. The van der Waals surface area contributed by atoms with E-state index in [9.17, 15) is 19.2 Å². The van der Waals surface area contributed by atoms with Gasteiger partial charge < -0.3 is 24.3 Å². The van der Waals surface area contributed by atoms with Crippen LogP contribution in [0.1, 0.15) is 174 Å². The van der Waals surface area contributed by atoms with Crippen LogP contribution in [0.15, 0.2) is 21.6 Å². The molecule has 0 saturated carbocycles. The van der Waals surface area contributed by atoms with Crippen LogP contribution in [-0.4, -0.2) is 96.3 Å². The Bertz CT molecular complexity index is 1280. The van der Waals surface area contributed by atoms with E-state index in [-0.39, 0.29) is 18.5 Å². The number of amides is 4. The van der Waals surface area contributed by atoms with Crippen molar-refractivity contribution in [2.75, 3.05) is 32.7 Å². The normalized spacial score (nSPS) is 12.2. The quantitative estimate of drug-likeness (QED) is 0.0306. The third-order valence-electron chi connectivity index (χ3n) is 7.46. The minimum atomic E-state index is -0.712. The summed E-state index contributed by atoms with van der Waals surface area (Å²) in [7, 11) is 0. The van der Waals surface area contributed by atoms with Crippen LogP contribution in [0, 0.1) is 0 Å². The predicted molar refractivity (Wildman–Crippen MR) is 233 cm³/mol. The van der Waals surface area contributed by atoms with Crippen molar-refractivity contribution in [3.63, 3.8) is 0 Å². The molecule has 0 heterocycles. The fourth-order valence-corrected chi connectivity index (χ4v) is 4.98. The number of unbranched alkanes of at least 4 members (excludes halogenated alkanes) is 10.